The highest BCUT2D eigenvalue weighted by atomic mass is 16.5. The van der Waals surface area contributed by atoms with Gasteiger partial charge in [-0.3, -0.25) is 9.59 Å². The van der Waals surface area contributed by atoms with Crippen LogP contribution in [-0.4, -0.2) is 30.9 Å². The lowest BCUT2D eigenvalue weighted by atomic mass is 10.0. The van der Waals surface area contributed by atoms with E-state index in [1.807, 2.05) is 36.9 Å². The highest BCUT2D eigenvalue weighted by Gasteiger charge is 2.24. The number of carbonyl (C=O) groups is 2. The quantitative estimate of drug-likeness (QED) is 0.767. The Hall–Kier alpha value is -1.84. The van der Waals surface area contributed by atoms with Crippen LogP contribution in [-0.2, 0) is 9.53 Å². The molecular weight excluding hydrogens is 230 g/mol. The van der Waals surface area contributed by atoms with E-state index in [0.717, 1.165) is 5.69 Å². The molecule has 18 heavy (non-hydrogen) atoms. The number of nitrogens with zero attached hydrogens (tertiary/aromatic N) is 1. The molecule has 1 aliphatic rings. The summed E-state index contributed by atoms with van der Waals surface area (Å²) in [6.07, 6.45) is 0.338. The van der Waals surface area contributed by atoms with Gasteiger partial charge < -0.3 is 9.64 Å². The predicted octanol–water partition coefficient (Wildman–Crippen LogP) is 2.03. The SMILES string of the molecule is CC(C)OC(=O)CN1CCC(=O)c2ccccc21. The molecule has 1 aromatic rings. The fourth-order valence-corrected chi connectivity index (χ4v) is 2.10. The standard InChI is InChI=1S/C14H17NO3/c1-10(2)18-14(17)9-15-8-7-13(16)11-5-3-4-6-12(11)15/h3-6,10H,7-9H2,1-2H3. The highest BCUT2D eigenvalue weighted by molar-refractivity contribution is 6.03. The van der Waals surface area contributed by atoms with Crippen LogP contribution in [0.25, 0.3) is 0 Å². The topological polar surface area (TPSA) is 46.6 Å². The van der Waals surface area contributed by atoms with Crippen molar-refractivity contribution >= 4 is 17.4 Å². The van der Waals surface area contributed by atoms with Gasteiger partial charge in [-0.25, -0.2) is 0 Å². The average Bonchev–Trinajstić information content (AvgIpc) is 2.32. The first-order valence-electron chi connectivity index (χ1n) is 6.14. The fourth-order valence-electron chi connectivity index (χ4n) is 2.10. The van der Waals surface area contributed by atoms with Gasteiger partial charge in [-0.1, -0.05) is 12.1 Å². The lowest BCUT2D eigenvalue weighted by Gasteiger charge is -2.29. The maximum atomic E-state index is 11.8. The molecule has 0 aromatic heterocycles. The third kappa shape index (κ3) is 2.70. The summed E-state index contributed by atoms with van der Waals surface area (Å²) in [5, 5.41) is 0. The molecule has 1 heterocycles. The molecule has 0 radical (unpaired) electrons. The summed E-state index contributed by atoms with van der Waals surface area (Å²) in [7, 11) is 0. The zero-order chi connectivity index (χ0) is 13.1. The van der Waals surface area contributed by atoms with Crippen molar-refractivity contribution in [1.29, 1.82) is 0 Å². The second kappa shape index (κ2) is 5.21. The number of carbonyl (C=O) groups excluding carboxylic acids is 2. The van der Waals surface area contributed by atoms with Gasteiger partial charge in [0.2, 0.25) is 0 Å². The van der Waals surface area contributed by atoms with Crippen molar-refractivity contribution in [1.82, 2.24) is 0 Å². The Morgan fingerprint density at radius 1 is 1.39 bits per heavy atom. The van der Waals surface area contributed by atoms with Gasteiger partial charge >= 0.3 is 5.97 Å². The first-order chi connectivity index (χ1) is 8.58. The van der Waals surface area contributed by atoms with Crippen LogP contribution >= 0.6 is 0 Å². The number of para-hydroxylation sites is 1. The second-order valence-electron chi connectivity index (χ2n) is 4.65. The van der Waals surface area contributed by atoms with Gasteiger partial charge in [0.25, 0.3) is 0 Å². The largest absolute Gasteiger partial charge is 0.462 e. The molecule has 0 atom stereocenters. The van der Waals surface area contributed by atoms with Gasteiger partial charge in [-0.15, -0.1) is 0 Å². The van der Waals surface area contributed by atoms with Crippen LogP contribution in [0.2, 0.25) is 0 Å². The molecular formula is C14H17NO3. The Morgan fingerprint density at radius 3 is 2.83 bits per heavy atom. The van der Waals surface area contributed by atoms with Crippen LogP contribution in [0.3, 0.4) is 0 Å². The molecule has 0 saturated carbocycles. The summed E-state index contributed by atoms with van der Waals surface area (Å²) in [6.45, 7) is 4.42. The van der Waals surface area contributed by atoms with E-state index in [0.29, 0.717) is 18.5 Å². The van der Waals surface area contributed by atoms with E-state index < -0.39 is 0 Å². The number of anilines is 1. The Kier molecular flexibility index (Phi) is 3.65. The molecule has 1 aromatic carbocycles. The number of benzene rings is 1. The van der Waals surface area contributed by atoms with Crippen LogP contribution in [0, 0.1) is 0 Å². The van der Waals surface area contributed by atoms with E-state index in [4.69, 9.17) is 4.74 Å². The van der Waals surface area contributed by atoms with Gasteiger partial charge in [0, 0.05) is 24.2 Å². The van der Waals surface area contributed by atoms with Gasteiger partial charge in [0.15, 0.2) is 5.78 Å². The minimum absolute atomic E-state index is 0.112. The summed E-state index contributed by atoms with van der Waals surface area (Å²) >= 11 is 0. The lowest BCUT2D eigenvalue weighted by Crippen LogP contribution is -2.37. The highest BCUT2D eigenvalue weighted by Crippen LogP contribution is 2.26. The minimum Gasteiger partial charge on any atom is -0.462 e. The third-order valence-corrected chi connectivity index (χ3v) is 2.84. The number of ether oxygens (including phenoxy) is 1. The molecule has 0 bridgehead atoms. The summed E-state index contributed by atoms with van der Waals surface area (Å²) < 4.78 is 5.13. The number of hydrogen-bond acceptors (Lipinski definition) is 4. The van der Waals surface area contributed by atoms with E-state index in [-0.39, 0.29) is 24.4 Å². The summed E-state index contributed by atoms with van der Waals surface area (Å²) in [4.78, 5) is 25.3. The summed E-state index contributed by atoms with van der Waals surface area (Å²) in [5.74, 6) is -0.117. The molecule has 4 nitrogen and oxygen atoms in total. The van der Waals surface area contributed by atoms with Crippen LogP contribution < -0.4 is 4.90 Å². The van der Waals surface area contributed by atoms with Crippen molar-refractivity contribution in [3.63, 3.8) is 0 Å². The average molecular weight is 247 g/mol. The molecule has 0 N–H and O–H groups in total. The van der Waals surface area contributed by atoms with Crippen molar-refractivity contribution in [2.24, 2.45) is 0 Å². The third-order valence-electron chi connectivity index (χ3n) is 2.84. The van der Waals surface area contributed by atoms with Crippen molar-refractivity contribution in [2.45, 2.75) is 26.4 Å². The number of Topliss-reactive ketones (excluding diaryl/α,β-unsaturated/α-hetero) is 1. The van der Waals surface area contributed by atoms with E-state index in [2.05, 4.69) is 0 Å². The van der Waals surface area contributed by atoms with Crippen molar-refractivity contribution < 1.29 is 14.3 Å². The predicted molar refractivity (Wildman–Crippen MR) is 68.8 cm³/mol. The first-order valence-corrected chi connectivity index (χ1v) is 6.14. The molecule has 1 aliphatic heterocycles. The maximum Gasteiger partial charge on any atom is 0.325 e. The van der Waals surface area contributed by atoms with E-state index in [1.165, 1.54) is 0 Å². The molecule has 0 aliphatic carbocycles. The van der Waals surface area contributed by atoms with Crippen LogP contribution in [0.15, 0.2) is 24.3 Å². The molecule has 0 fully saturated rings. The molecule has 2 rings (SSSR count). The van der Waals surface area contributed by atoms with E-state index in [9.17, 15) is 9.59 Å². The molecule has 0 amide bonds. The number of fused-ring (bicyclic) bond motifs is 1. The second-order valence-corrected chi connectivity index (χ2v) is 4.65. The number of esters is 1. The van der Waals surface area contributed by atoms with Gasteiger partial charge in [-0.2, -0.15) is 0 Å². The fraction of sp³-hybridized carbons (Fsp3) is 0.429. The summed E-state index contributed by atoms with van der Waals surface area (Å²) in [5.41, 5.74) is 1.52. The van der Waals surface area contributed by atoms with Gasteiger partial charge in [0.1, 0.15) is 6.54 Å². The smallest absolute Gasteiger partial charge is 0.325 e. The van der Waals surface area contributed by atoms with Crippen molar-refractivity contribution in [3.05, 3.63) is 29.8 Å². The van der Waals surface area contributed by atoms with Gasteiger partial charge in [0.05, 0.1) is 6.10 Å². The minimum atomic E-state index is -0.255. The van der Waals surface area contributed by atoms with Crippen LogP contribution in [0.1, 0.15) is 30.6 Å². The first kappa shape index (κ1) is 12.6. The molecule has 0 saturated heterocycles. The number of ketones is 1. The normalized spacial score (nSPS) is 14.6. The van der Waals surface area contributed by atoms with Crippen LogP contribution in [0.4, 0.5) is 5.69 Å². The number of rotatable bonds is 3. The Labute approximate surface area is 107 Å². The zero-order valence-corrected chi connectivity index (χ0v) is 10.7. The van der Waals surface area contributed by atoms with Crippen LogP contribution in [0.5, 0.6) is 0 Å². The Balaban J connectivity index is 2.14. The molecule has 4 heteroatoms. The monoisotopic (exact) mass is 247 g/mol. The number of hydrogen-bond donors (Lipinski definition) is 0. The van der Waals surface area contributed by atoms with Gasteiger partial charge in [-0.05, 0) is 26.0 Å². The van der Waals surface area contributed by atoms with Crippen molar-refractivity contribution in [3.8, 4) is 0 Å². The molecule has 96 valence electrons. The molecule has 0 unspecified atom stereocenters. The van der Waals surface area contributed by atoms with E-state index in [1.54, 1.807) is 6.07 Å². The maximum absolute atomic E-state index is 11.8. The zero-order valence-electron chi connectivity index (χ0n) is 10.7. The lowest BCUT2D eigenvalue weighted by molar-refractivity contribution is -0.145. The summed E-state index contributed by atoms with van der Waals surface area (Å²) in [6, 6.07) is 7.39. The Bertz CT molecular complexity index is 468. The van der Waals surface area contributed by atoms with Crippen molar-refractivity contribution in [2.75, 3.05) is 18.0 Å². The van der Waals surface area contributed by atoms with E-state index >= 15 is 0 Å². The Morgan fingerprint density at radius 2 is 2.11 bits per heavy atom. The molecule has 0 spiro atoms.